The van der Waals surface area contributed by atoms with Gasteiger partial charge < -0.3 is 10.4 Å². The number of nitrogens with one attached hydrogen (secondary N) is 2. The van der Waals surface area contributed by atoms with Crippen LogP contribution in [0.3, 0.4) is 0 Å². The van der Waals surface area contributed by atoms with Crippen LogP contribution in [0.4, 0.5) is 4.39 Å². The van der Waals surface area contributed by atoms with Gasteiger partial charge in [-0.05, 0) is 61.0 Å². The van der Waals surface area contributed by atoms with Gasteiger partial charge in [-0.2, -0.15) is 0 Å². The fourth-order valence-electron chi connectivity index (χ4n) is 3.07. The molecule has 3 aromatic rings. The summed E-state index contributed by atoms with van der Waals surface area (Å²) in [5, 5.41) is 8.46. The lowest BCUT2D eigenvalue weighted by Gasteiger charge is -2.27. The van der Waals surface area contributed by atoms with E-state index < -0.39 is 5.41 Å². The zero-order valence-electron chi connectivity index (χ0n) is 13.5. The summed E-state index contributed by atoms with van der Waals surface area (Å²) in [7, 11) is 0. The van der Waals surface area contributed by atoms with Gasteiger partial charge in [-0.25, -0.2) is 4.39 Å². The number of hydrogen-bond donors (Lipinski definition) is 2. The second-order valence-electron chi connectivity index (χ2n) is 6.38. The van der Waals surface area contributed by atoms with Gasteiger partial charge in [-0.15, -0.1) is 0 Å². The molecular weight excluding hydrogens is 303 g/mol. The Morgan fingerprint density at radius 2 is 1.96 bits per heavy atom. The summed E-state index contributed by atoms with van der Waals surface area (Å²) in [5.41, 5.74) is 1.77. The van der Waals surface area contributed by atoms with Gasteiger partial charge >= 0.3 is 0 Å². The number of H-pyrrole nitrogens is 1. The SMILES string of the molecule is CC(CC=N)(Cc1ccc(F)cc1)C(=O)c1ccc2[nH]ccc2c1. The lowest BCUT2D eigenvalue weighted by Crippen LogP contribution is -2.31. The molecule has 0 spiro atoms. The van der Waals surface area contributed by atoms with Crippen LogP contribution in [0.2, 0.25) is 0 Å². The zero-order valence-corrected chi connectivity index (χ0v) is 13.5. The van der Waals surface area contributed by atoms with Crippen molar-refractivity contribution < 1.29 is 9.18 Å². The van der Waals surface area contributed by atoms with E-state index in [1.165, 1.54) is 18.3 Å². The molecule has 0 saturated carbocycles. The summed E-state index contributed by atoms with van der Waals surface area (Å²) in [6.07, 6.45) is 3.92. The minimum atomic E-state index is -0.733. The van der Waals surface area contributed by atoms with Crippen molar-refractivity contribution in [3.63, 3.8) is 0 Å². The Bertz CT molecular complexity index is 882. The van der Waals surface area contributed by atoms with Crippen molar-refractivity contribution in [3.05, 3.63) is 71.7 Å². The van der Waals surface area contributed by atoms with Crippen LogP contribution < -0.4 is 0 Å². The monoisotopic (exact) mass is 322 g/mol. The smallest absolute Gasteiger partial charge is 0.169 e. The maximum atomic E-state index is 13.1. The molecule has 1 atom stereocenters. The number of fused-ring (bicyclic) bond motifs is 1. The summed E-state index contributed by atoms with van der Waals surface area (Å²) in [4.78, 5) is 16.2. The summed E-state index contributed by atoms with van der Waals surface area (Å²) in [6.45, 7) is 1.87. The second-order valence-corrected chi connectivity index (χ2v) is 6.38. The third-order valence-electron chi connectivity index (χ3n) is 4.42. The maximum absolute atomic E-state index is 13.1. The van der Waals surface area contributed by atoms with Crippen molar-refractivity contribution in [3.8, 4) is 0 Å². The molecule has 1 unspecified atom stereocenters. The zero-order chi connectivity index (χ0) is 17.2. The molecule has 3 nitrogen and oxygen atoms in total. The van der Waals surface area contributed by atoms with Gasteiger partial charge in [0.25, 0.3) is 0 Å². The van der Waals surface area contributed by atoms with E-state index in [-0.39, 0.29) is 11.6 Å². The van der Waals surface area contributed by atoms with E-state index in [0.717, 1.165) is 16.5 Å². The van der Waals surface area contributed by atoms with Crippen LogP contribution >= 0.6 is 0 Å². The first-order chi connectivity index (χ1) is 11.5. The first-order valence-electron chi connectivity index (χ1n) is 7.87. The van der Waals surface area contributed by atoms with Crippen molar-refractivity contribution >= 4 is 22.9 Å². The van der Waals surface area contributed by atoms with Gasteiger partial charge in [0.15, 0.2) is 5.78 Å². The number of ketones is 1. The lowest BCUT2D eigenvalue weighted by atomic mass is 9.75. The summed E-state index contributed by atoms with van der Waals surface area (Å²) < 4.78 is 13.1. The van der Waals surface area contributed by atoms with Gasteiger partial charge in [0.1, 0.15) is 5.82 Å². The van der Waals surface area contributed by atoms with E-state index in [9.17, 15) is 9.18 Å². The normalized spacial score (nSPS) is 13.6. The summed E-state index contributed by atoms with van der Waals surface area (Å²) >= 11 is 0. The highest BCUT2D eigenvalue weighted by atomic mass is 19.1. The summed E-state index contributed by atoms with van der Waals surface area (Å²) in [5.74, 6) is -0.296. The Kier molecular flexibility index (Phi) is 4.30. The number of benzene rings is 2. The largest absolute Gasteiger partial charge is 0.361 e. The molecule has 0 fully saturated rings. The minimum absolute atomic E-state index is 0.00146. The first-order valence-corrected chi connectivity index (χ1v) is 7.87. The predicted octanol–water partition coefficient (Wildman–Crippen LogP) is 4.78. The molecule has 0 amide bonds. The van der Waals surface area contributed by atoms with E-state index >= 15 is 0 Å². The molecule has 0 radical (unpaired) electrons. The molecule has 2 aromatic carbocycles. The van der Waals surface area contributed by atoms with Crippen molar-refractivity contribution in [2.75, 3.05) is 0 Å². The van der Waals surface area contributed by atoms with Crippen molar-refractivity contribution in [2.45, 2.75) is 19.8 Å². The Morgan fingerprint density at radius 3 is 2.67 bits per heavy atom. The average Bonchev–Trinajstić information content (AvgIpc) is 3.04. The molecule has 4 heteroatoms. The molecular formula is C20H19FN2O. The predicted molar refractivity (Wildman–Crippen MR) is 94.2 cm³/mol. The maximum Gasteiger partial charge on any atom is 0.169 e. The van der Waals surface area contributed by atoms with Crippen LogP contribution in [0.1, 0.15) is 29.3 Å². The molecule has 0 bridgehead atoms. The van der Waals surface area contributed by atoms with Gasteiger partial charge in [-0.1, -0.05) is 19.1 Å². The molecule has 24 heavy (non-hydrogen) atoms. The number of Topliss-reactive ketones (excluding diaryl/α,β-unsaturated/α-hetero) is 1. The van der Waals surface area contributed by atoms with E-state index in [4.69, 9.17) is 5.41 Å². The molecule has 0 aliphatic heterocycles. The molecule has 122 valence electrons. The van der Waals surface area contributed by atoms with Gasteiger partial charge in [0.05, 0.1) is 0 Å². The fourth-order valence-corrected chi connectivity index (χ4v) is 3.07. The number of hydrogen-bond acceptors (Lipinski definition) is 2. The van der Waals surface area contributed by atoms with Gasteiger partial charge in [0, 0.05) is 28.1 Å². The molecule has 2 N–H and O–H groups in total. The Morgan fingerprint density at radius 1 is 1.21 bits per heavy atom. The van der Waals surface area contributed by atoms with Crippen LogP contribution in [0.15, 0.2) is 54.7 Å². The molecule has 1 heterocycles. The van der Waals surface area contributed by atoms with Crippen LogP contribution in [-0.4, -0.2) is 17.0 Å². The first kappa shape index (κ1) is 16.1. The van der Waals surface area contributed by atoms with Crippen molar-refractivity contribution in [1.82, 2.24) is 4.98 Å². The van der Waals surface area contributed by atoms with E-state index in [2.05, 4.69) is 4.98 Å². The second kappa shape index (κ2) is 6.40. The highest BCUT2D eigenvalue weighted by Crippen LogP contribution is 2.31. The number of halogens is 1. The quantitative estimate of drug-likeness (QED) is 0.498. The number of aromatic nitrogens is 1. The van der Waals surface area contributed by atoms with E-state index in [1.54, 1.807) is 12.1 Å². The molecule has 0 aliphatic carbocycles. The van der Waals surface area contributed by atoms with Gasteiger partial charge in [0.2, 0.25) is 0 Å². The molecule has 0 saturated heterocycles. The fraction of sp³-hybridized carbons (Fsp3) is 0.200. The van der Waals surface area contributed by atoms with Crippen LogP contribution in [0, 0.1) is 16.6 Å². The molecule has 0 aliphatic rings. The number of aromatic amines is 1. The van der Waals surface area contributed by atoms with E-state index in [0.29, 0.717) is 18.4 Å². The van der Waals surface area contributed by atoms with Crippen LogP contribution in [0.25, 0.3) is 10.9 Å². The van der Waals surface area contributed by atoms with Crippen LogP contribution in [-0.2, 0) is 6.42 Å². The Labute approximate surface area is 140 Å². The number of rotatable bonds is 6. The lowest BCUT2D eigenvalue weighted by molar-refractivity contribution is 0.0824. The van der Waals surface area contributed by atoms with Crippen molar-refractivity contribution in [1.29, 1.82) is 5.41 Å². The number of carbonyl (C=O) groups is 1. The third kappa shape index (κ3) is 3.13. The number of carbonyl (C=O) groups excluding carboxylic acids is 1. The minimum Gasteiger partial charge on any atom is -0.361 e. The average molecular weight is 322 g/mol. The molecule has 1 aromatic heterocycles. The Hall–Kier alpha value is -2.75. The Balaban J connectivity index is 1.93. The topological polar surface area (TPSA) is 56.7 Å². The van der Waals surface area contributed by atoms with Crippen molar-refractivity contribution in [2.24, 2.45) is 5.41 Å². The highest BCUT2D eigenvalue weighted by Gasteiger charge is 2.33. The highest BCUT2D eigenvalue weighted by molar-refractivity contribution is 6.04. The standard InChI is InChI=1S/C20H19FN2O/c1-20(9-10-22,13-14-2-5-17(21)6-3-14)19(24)16-4-7-18-15(12-16)8-11-23-18/h2-8,10-12,22-23H,9,13H2,1H3. The van der Waals surface area contributed by atoms with Crippen LogP contribution in [0.5, 0.6) is 0 Å². The van der Waals surface area contributed by atoms with Gasteiger partial charge in [-0.3, -0.25) is 4.79 Å². The van der Waals surface area contributed by atoms with E-state index in [1.807, 2.05) is 37.4 Å². The third-order valence-corrected chi connectivity index (χ3v) is 4.42. The summed E-state index contributed by atoms with van der Waals surface area (Å²) in [6, 6.07) is 13.7. The molecule has 3 rings (SSSR count).